The largest absolute Gasteiger partial charge is 0.461 e. The van der Waals surface area contributed by atoms with Gasteiger partial charge in [0.05, 0.1) is 12.6 Å². The highest BCUT2D eigenvalue weighted by atomic mass is 19.4. The minimum Gasteiger partial charge on any atom is -0.461 e. The third kappa shape index (κ3) is 7.27. The van der Waals surface area contributed by atoms with E-state index in [2.05, 4.69) is 15.3 Å². The Morgan fingerprint density at radius 1 is 1.03 bits per heavy atom. The van der Waals surface area contributed by atoms with Crippen molar-refractivity contribution >= 4 is 17.7 Å². The summed E-state index contributed by atoms with van der Waals surface area (Å²) in [6.45, 7) is 0.147. The van der Waals surface area contributed by atoms with Gasteiger partial charge in [0.15, 0.2) is 5.69 Å². The number of carbonyl (C=O) groups is 2. The molecule has 1 aromatic carbocycles. The molecule has 1 atom stereocenters. The summed E-state index contributed by atoms with van der Waals surface area (Å²) in [5.74, 6) is -0.842. The van der Waals surface area contributed by atoms with Crippen LogP contribution >= 0.6 is 0 Å². The highest BCUT2D eigenvalue weighted by Crippen LogP contribution is 2.33. The van der Waals surface area contributed by atoms with Gasteiger partial charge in [0.2, 0.25) is 5.91 Å². The number of anilines is 1. The maximum absolute atomic E-state index is 13.3. The summed E-state index contributed by atoms with van der Waals surface area (Å²) in [5, 5.41) is 2.60. The van der Waals surface area contributed by atoms with E-state index in [1.165, 1.54) is 12.3 Å². The van der Waals surface area contributed by atoms with E-state index in [1.807, 2.05) is 30.3 Å². The molecule has 3 aromatic rings. The fraction of sp³-hybridized carbons (Fsp3) is 0.370. The fourth-order valence-corrected chi connectivity index (χ4v) is 4.49. The average molecular weight is 529 g/mol. The predicted octanol–water partition coefficient (Wildman–Crippen LogP) is 4.70. The Morgan fingerprint density at radius 2 is 1.76 bits per heavy atom. The molecular weight excluding hydrogens is 501 g/mol. The van der Waals surface area contributed by atoms with Gasteiger partial charge in [-0.05, 0) is 29.5 Å². The van der Waals surface area contributed by atoms with Crippen LogP contribution in [0.25, 0.3) is 0 Å². The molecule has 0 aliphatic heterocycles. The number of pyridine rings is 1. The Labute approximate surface area is 216 Å². The second kappa shape index (κ2) is 12.0. The molecule has 1 N–H and O–H groups in total. The molecule has 0 spiro atoms. The van der Waals surface area contributed by atoms with E-state index in [-0.39, 0.29) is 31.2 Å². The maximum atomic E-state index is 13.3. The van der Waals surface area contributed by atoms with Crippen molar-refractivity contribution in [3.05, 3.63) is 88.2 Å². The van der Waals surface area contributed by atoms with E-state index in [9.17, 15) is 27.6 Å². The molecule has 1 amide bonds. The van der Waals surface area contributed by atoms with E-state index >= 15 is 0 Å². The third-order valence-corrected chi connectivity index (χ3v) is 6.46. The highest BCUT2D eigenvalue weighted by Gasteiger charge is 2.35. The van der Waals surface area contributed by atoms with Gasteiger partial charge < -0.3 is 10.1 Å². The standard InChI is InChI=1S/C27H27F3N4O4/c28-27(29,30)22-16-34(24(35)15-31-22)21(12-18-6-4-5-7-18)26(37)33-23-11-10-20(14-32-23)13-25(36)38-17-19-8-2-1-3-9-19/h1-3,8-11,14-16,18,21H,4-7,12-13,17H2,(H,32,33,37). The minimum atomic E-state index is -4.76. The number of amides is 1. The summed E-state index contributed by atoms with van der Waals surface area (Å²) in [4.78, 5) is 45.2. The van der Waals surface area contributed by atoms with Crippen molar-refractivity contribution in [3.63, 3.8) is 0 Å². The van der Waals surface area contributed by atoms with Gasteiger partial charge in [0.25, 0.3) is 5.56 Å². The molecule has 1 aliphatic rings. The minimum absolute atomic E-state index is 0.0228. The van der Waals surface area contributed by atoms with E-state index in [0.29, 0.717) is 18.0 Å². The number of alkyl halides is 3. The smallest absolute Gasteiger partial charge is 0.434 e. The van der Waals surface area contributed by atoms with Crippen LogP contribution in [0.5, 0.6) is 0 Å². The zero-order valence-corrected chi connectivity index (χ0v) is 20.5. The van der Waals surface area contributed by atoms with Gasteiger partial charge in [-0.25, -0.2) is 9.97 Å². The van der Waals surface area contributed by atoms with Crippen LogP contribution in [0.1, 0.15) is 55.0 Å². The van der Waals surface area contributed by atoms with Crippen molar-refractivity contribution in [2.75, 3.05) is 5.32 Å². The van der Waals surface area contributed by atoms with Gasteiger partial charge in [-0.15, -0.1) is 0 Å². The number of ether oxygens (including phenoxy) is 1. The van der Waals surface area contributed by atoms with Gasteiger partial charge >= 0.3 is 12.1 Å². The first-order valence-electron chi connectivity index (χ1n) is 12.3. The number of halogens is 3. The second-order valence-electron chi connectivity index (χ2n) is 9.28. The first-order valence-corrected chi connectivity index (χ1v) is 12.3. The number of benzene rings is 1. The van der Waals surface area contributed by atoms with E-state index in [1.54, 1.807) is 6.07 Å². The highest BCUT2D eigenvalue weighted by molar-refractivity contribution is 5.93. The van der Waals surface area contributed by atoms with E-state index in [4.69, 9.17) is 4.74 Å². The number of carbonyl (C=O) groups excluding carboxylic acids is 2. The molecule has 200 valence electrons. The molecule has 11 heteroatoms. The molecule has 2 heterocycles. The molecule has 4 rings (SSSR count). The van der Waals surface area contributed by atoms with Crippen molar-refractivity contribution in [1.82, 2.24) is 14.5 Å². The lowest BCUT2D eigenvalue weighted by atomic mass is 9.97. The van der Waals surface area contributed by atoms with Crippen LogP contribution in [-0.2, 0) is 33.5 Å². The van der Waals surface area contributed by atoms with Crippen molar-refractivity contribution < 1.29 is 27.5 Å². The number of rotatable bonds is 9. The number of hydrogen-bond donors (Lipinski definition) is 1. The summed E-state index contributed by atoms with van der Waals surface area (Å²) in [6, 6.07) is 11.2. The van der Waals surface area contributed by atoms with Gasteiger partial charge in [0.1, 0.15) is 18.5 Å². The molecule has 0 radical (unpaired) electrons. The van der Waals surface area contributed by atoms with Crippen LogP contribution in [-0.4, -0.2) is 26.4 Å². The SMILES string of the molecule is O=C(Cc1ccc(NC(=O)C(CC2CCCC2)n2cc(C(F)(F)F)ncc2=O)nc1)OCc1ccccc1. The van der Waals surface area contributed by atoms with Gasteiger partial charge in [-0.1, -0.05) is 62.1 Å². The van der Waals surface area contributed by atoms with E-state index < -0.39 is 35.3 Å². The Morgan fingerprint density at radius 3 is 2.42 bits per heavy atom. The summed E-state index contributed by atoms with van der Waals surface area (Å²) < 4.78 is 45.8. The third-order valence-electron chi connectivity index (χ3n) is 6.46. The lowest BCUT2D eigenvalue weighted by Gasteiger charge is -2.23. The van der Waals surface area contributed by atoms with Crippen molar-refractivity contribution in [3.8, 4) is 0 Å². The molecule has 0 bridgehead atoms. The maximum Gasteiger partial charge on any atom is 0.434 e. The molecule has 1 aliphatic carbocycles. The number of hydrogen-bond acceptors (Lipinski definition) is 6. The molecular formula is C27H27F3N4O4. The van der Waals surface area contributed by atoms with E-state index in [0.717, 1.165) is 35.8 Å². The molecule has 1 unspecified atom stereocenters. The zero-order valence-electron chi connectivity index (χ0n) is 20.5. The van der Waals surface area contributed by atoms with Gasteiger partial charge in [-0.3, -0.25) is 19.0 Å². The summed E-state index contributed by atoms with van der Waals surface area (Å²) in [6.07, 6.45) is 1.63. The molecule has 2 aromatic heterocycles. The summed E-state index contributed by atoms with van der Waals surface area (Å²) in [7, 11) is 0. The summed E-state index contributed by atoms with van der Waals surface area (Å²) in [5.41, 5.74) is -0.625. The van der Waals surface area contributed by atoms with Crippen LogP contribution < -0.4 is 10.9 Å². The van der Waals surface area contributed by atoms with Crippen molar-refractivity contribution in [2.24, 2.45) is 5.92 Å². The fourth-order valence-electron chi connectivity index (χ4n) is 4.49. The quantitative estimate of drug-likeness (QED) is 0.404. The normalized spacial score (nSPS) is 14.7. The zero-order chi connectivity index (χ0) is 27.1. The van der Waals surface area contributed by atoms with Crippen LogP contribution in [0.4, 0.5) is 19.0 Å². The van der Waals surface area contributed by atoms with Crippen molar-refractivity contribution in [1.29, 1.82) is 0 Å². The Bertz CT molecular complexity index is 1300. The van der Waals surface area contributed by atoms with Crippen LogP contribution in [0.15, 0.2) is 65.8 Å². The first kappa shape index (κ1) is 27.0. The number of nitrogens with one attached hydrogen (secondary N) is 1. The number of esters is 1. The topological polar surface area (TPSA) is 103 Å². The second-order valence-corrected chi connectivity index (χ2v) is 9.28. The van der Waals surface area contributed by atoms with Crippen LogP contribution in [0.2, 0.25) is 0 Å². The Hall–Kier alpha value is -4.02. The predicted molar refractivity (Wildman–Crippen MR) is 132 cm³/mol. The van der Waals surface area contributed by atoms with Crippen LogP contribution in [0, 0.1) is 5.92 Å². The lowest BCUT2D eigenvalue weighted by Crippen LogP contribution is -2.35. The first-order chi connectivity index (χ1) is 18.2. The monoisotopic (exact) mass is 528 g/mol. The Kier molecular flexibility index (Phi) is 8.55. The van der Waals surface area contributed by atoms with Crippen molar-refractivity contribution in [2.45, 2.75) is 57.3 Å². The molecule has 1 saturated carbocycles. The molecule has 38 heavy (non-hydrogen) atoms. The molecule has 0 saturated heterocycles. The number of nitrogens with zero attached hydrogens (tertiary/aromatic N) is 3. The lowest BCUT2D eigenvalue weighted by molar-refractivity contribution is -0.144. The molecule has 8 nitrogen and oxygen atoms in total. The van der Waals surface area contributed by atoms with Crippen LogP contribution in [0.3, 0.4) is 0 Å². The Balaban J connectivity index is 1.44. The van der Waals surface area contributed by atoms with Gasteiger partial charge in [0, 0.05) is 12.4 Å². The summed E-state index contributed by atoms with van der Waals surface area (Å²) >= 11 is 0. The number of aromatic nitrogens is 3. The molecule has 1 fully saturated rings. The average Bonchev–Trinajstić information content (AvgIpc) is 3.41. The van der Waals surface area contributed by atoms with Gasteiger partial charge in [-0.2, -0.15) is 13.2 Å².